The minimum Gasteiger partial charge on any atom is -0.380 e. The van der Waals surface area contributed by atoms with Gasteiger partial charge in [-0.3, -0.25) is 0 Å². The molecule has 1 atom stereocenters. The third kappa shape index (κ3) is 2.95. The van der Waals surface area contributed by atoms with Crippen LogP contribution in [-0.2, 0) is 4.74 Å². The molecule has 0 radical (unpaired) electrons. The number of hydrogen-bond donors (Lipinski definition) is 1. The zero-order valence-corrected chi connectivity index (χ0v) is 10.3. The number of hydrogen-bond acceptors (Lipinski definition) is 2. The average molecular weight is 279 g/mol. The van der Waals surface area contributed by atoms with E-state index in [1.54, 1.807) is 0 Å². The molecule has 0 aliphatic rings. The van der Waals surface area contributed by atoms with E-state index in [1.165, 1.54) is 0 Å². The van der Waals surface area contributed by atoms with Gasteiger partial charge in [0.15, 0.2) is 0 Å². The maximum atomic E-state index is 6.08. The standard InChI is InChI=1S/C10H13BrClNO/c1-2-14-6-9(13)7-4-3-5-8(11)10(7)12/h3-5,9H,2,6,13H2,1H3. The van der Waals surface area contributed by atoms with Crippen molar-refractivity contribution in [3.05, 3.63) is 33.3 Å². The van der Waals surface area contributed by atoms with Crippen LogP contribution in [0.4, 0.5) is 0 Å². The summed E-state index contributed by atoms with van der Waals surface area (Å²) in [6, 6.07) is 5.55. The molecule has 0 bridgehead atoms. The molecule has 0 spiro atoms. The van der Waals surface area contributed by atoms with Crippen molar-refractivity contribution < 1.29 is 4.74 Å². The molecule has 0 aromatic heterocycles. The molecule has 0 saturated heterocycles. The summed E-state index contributed by atoms with van der Waals surface area (Å²) >= 11 is 9.44. The quantitative estimate of drug-likeness (QED) is 0.918. The largest absolute Gasteiger partial charge is 0.380 e. The normalized spacial score (nSPS) is 12.9. The fraction of sp³-hybridized carbons (Fsp3) is 0.400. The van der Waals surface area contributed by atoms with Crippen molar-refractivity contribution in [2.45, 2.75) is 13.0 Å². The van der Waals surface area contributed by atoms with Crippen molar-refractivity contribution in [3.8, 4) is 0 Å². The molecular weight excluding hydrogens is 265 g/mol. The van der Waals surface area contributed by atoms with Crippen LogP contribution in [0.25, 0.3) is 0 Å². The van der Waals surface area contributed by atoms with E-state index >= 15 is 0 Å². The van der Waals surface area contributed by atoms with Gasteiger partial charge in [0.2, 0.25) is 0 Å². The summed E-state index contributed by atoms with van der Waals surface area (Å²) in [4.78, 5) is 0. The Morgan fingerprint density at radius 3 is 2.93 bits per heavy atom. The van der Waals surface area contributed by atoms with Gasteiger partial charge in [-0.25, -0.2) is 0 Å². The Hall–Kier alpha value is -0.0900. The molecule has 1 rings (SSSR count). The average Bonchev–Trinajstić information content (AvgIpc) is 2.18. The van der Waals surface area contributed by atoms with E-state index in [1.807, 2.05) is 25.1 Å². The molecule has 0 amide bonds. The summed E-state index contributed by atoms with van der Waals surface area (Å²) in [6.07, 6.45) is 0. The zero-order chi connectivity index (χ0) is 10.6. The van der Waals surface area contributed by atoms with Gasteiger partial charge in [0, 0.05) is 11.1 Å². The van der Waals surface area contributed by atoms with Crippen LogP contribution in [0.3, 0.4) is 0 Å². The van der Waals surface area contributed by atoms with E-state index < -0.39 is 0 Å². The van der Waals surface area contributed by atoms with Gasteiger partial charge in [0.25, 0.3) is 0 Å². The van der Waals surface area contributed by atoms with Crippen molar-refractivity contribution in [2.75, 3.05) is 13.2 Å². The van der Waals surface area contributed by atoms with Gasteiger partial charge in [-0.2, -0.15) is 0 Å². The first-order chi connectivity index (χ1) is 6.66. The first kappa shape index (κ1) is 12.0. The summed E-state index contributed by atoms with van der Waals surface area (Å²) < 4.78 is 6.11. The molecule has 14 heavy (non-hydrogen) atoms. The molecule has 2 N–H and O–H groups in total. The fourth-order valence-electron chi connectivity index (χ4n) is 1.14. The Morgan fingerprint density at radius 1 is 1.57 bits per heavy atom. The molecule has 0 saturated carbocycles. The smallest absolute Gasteiger partial charge is 0.0659 e. The molecule has 0 fully saturated rings. The number of rotatable bonds is 4. The van der Waals surface area contributed by atoms with Crippen LogP contribution in [0.1, 0.15) is 18.5 Å². The highest BCUT2D eigenvalue weighted by molar-refractivity contribution is 9.10. The van der Waals surface area contributed by atoms with Gasteiger partial charge in [0.1, 0.15) is 0 Å². The second-order valence-corrected chi connectivity index (χ2v) is 4.14. The number of benzene rings is 1. The Kier molecular flexibility index (Phi) is 4.89. The summed E-state index contributed by atoms with van der Waals surface area (Å²) in [5.74, 6) is 0. The van der Waals surface area contributed by atoms with Crippen LogP contribution in [0, 0.1) is 0 Å². The SMILES string of the molecule is CCOCC(N)c1cccc(Br)c1Cl. The van der Waals surface area contributed by atoms with Crippen LogP contribution in [0.15, 0.2) is 22.7 Å². The lowest BCUT2D eigenvalue weighted by atomic mass is 10.1. The number of ether oxygens (including phenoxy) is 1. The van der Waals surface area contributed by atoms with Crippen LogP contribution >= 0.6 is 27.5 Å². The van der Waals surface area contributed by atoms with E-state index in [0.29, 0.717) is 18.2 Å². The highest BCUT2D eigenvalue weighted by atomic mass is 79.9. The van der Waals surface area contributed by atoms with Crippen molar-refractivity contribution in [1.29, 1.82) is 0 Å². The topological polar surface area (TPSA) is 35.2 Å². The number of nitrogens with two attached hydrogens (primary N) is 1. The molecular formula is C10H13BrClNO. The molecule has 1 unspecified atom stereocenters. The molecule has 0 heterocycles. The maximum absolute atomic E-state index is 6.08. The first-order valence-corrected chi connectivity index (χ1v) is 5.61. The lowest BCUT2D eigenvalue weighted by Gasteiger charge is -2.14. The Bertz CT molecular complexity index is 306. The highest BCUT2D eigenvalue weighted by Crippen LogP contribution is 2.29. The molecule has 1 aromatic rings. The van der Waals surface area contributed by atoms with E-state index in [4.69, 9.17) is 22.1 Å². The highest BCUT2D eigenvalue weighted by Gasteiger charge is 2.11. The van der Waals surface area contributed by atoms with E-state index in [2.05, 4.69) is 15.9 Å². The number of halogens is 2. The second kappa shape index (κ2) is 5.71. The zero-order valence-electron chi connectivity index (χ0n) is 7.97. The van der Waals surface area contributed by atoms with Gasteiger partial charge in [-0.15, -0.1) is 0 Å². The van der Waals surface area contributed by atoms with Gasteiger partial charge in [-0.1, -0.05) is 23.7 Å². The summed E-state index contributed by atoms with van der Waals surface area (Å²) in [6.45, 7) is 3.10. The Balaban J connectivity index is 2.79. The minimum absolute atomic E-state index is 0.167. The van der Waals surface area contributed by atoms with Gasteiger partial charge in [0.05, 0.1) is 17.7 Å². The second-order valence-electron chi connectivity index (χ2n) is 2.91. The van der Waals surface area contributed by atoms with Crippen molar-refractivity contribution in [2.24, 2.45) is 5.73 Å². The predicted octanol–water partition coefficient (Wildman–Crippen LogP) is 3.14. The molecule has 4 heteroatoms. The van der Waals surface area contributed by atoms with Crippen molar-refractivity contribution >= 4 is 27.5 Å². The summed E-state index contributed by atoms with van der Waals surface area (Å²) in [5, 5.41) is 0.666. The molecule has 0 aliphatic carbocycles. The Morgan fingerprint density at radius 2 is 2.29 bits per heavy atom. The fourth-order valence-corrected chi connectivity index (χ4v) is 1.79. The molecule has 2 nitrogen and oxygen atoms in total. The molecule has 1 aromatic carbocycles. The third-order valence-corrected chi connectivity index (χ3v) is 3.19. The summed E-state index contributed by atoms with van der Waals surface area (Å²) in [5.41, 5.74) is 6.83. The van der Waals surface area contributed by atoms with Crippen molar-refractivity contribution in [1.82, 2.24) is 0 Å². The van der Waals surface area contributed by atoms with Crippen molar-refractivity contribution in [3.63, 3.8) is 0 Å². The lowest BCUT2D eigenvalue weighted by Crippen LogP contribution is -2.17. The van der Waals surface area contributed by atoms with Crippen LogP contribution in [0.5, 0.6) is 0 Å². The maximum Gasteiger partial charge on any atom is 0.0659 e. The van der Waals surface area contributed by atoms with Gasteiger partial charge >= 0.3 is 0 Å². The van der Waals surface area contributed by atoms with Crippen LogP contribution < -0.4 is 5.73 Å². The predicted molar refractivity (Wildman–Crippen MR) is 62.6 cm³/mol. The lowest BCUT2D eigenvalue weighted by molar-refractivity contribution is 0.133. The van der Waals surface area contributed by atoms with Gasteiger partial charge < -0.3 is 10.5 Å². The molecule has 78 valence electrons. The third-order valence-electron chi connectivity index (χ3n) is 1.88. The Labute approximate surface area is 97.5 Å². The first-order valence-electron chi connectivity index (χ1n) is 4.44. The summed E-state index contributed by atoms with van der Waals surface area (Å²) in [7, 11) is 0. The minimum atomic E-state index is -0.167. The van der Waals surface area contributed by atoms with Crippen LogP contribution in [-0.4, -0.2) is 13.2 Å². The van der Waals surface area contributed by atoms with E-state index in [0.717, 1.165) is 10.0 Å². The van der Waals surface area contributed by atoms with Crippen LogP contribution in [0.2, 0.25) is 5.02 Å². The van der Waals surface area contributed by atoms with Gasteiger partial charge in [-0.05, 0) is 34.5 Å². The van der Waals surface area contributed by atoms with E-state index in [9.17, 15) is 0 Å². The molecule has 0 aliphatic heterocycles. The van der Waals surface area contributed by atoms with E-state index in [-0.39, 0.29) is 6.04 Å². The monoisotopic (exact) mass is 277 g/mol.